The Morgan fingerprint density at radius 2 is 1.72 bits per heavy atom. The van der Waals surface area contributed by atoms with E-state index in [2.05, 4.69) is 69.4 Å². The quantitative estimate of drug-likeness (QED) is 0.400. The summed E-state index contributed by atoms with van der Waals surface area (Å²) in [5, 5.41) is 1.44. The van der Waals surface area contributed by atoms with E-state index in [-0.39, 0.29) is 0 Å². The molecule has 0 aromatic heterocycles. The van der Waals surface area contributed by atoms with E-state index in [9.17, 15) is 0 Å². The van der Waals surface area contributed by atoms with Crippen LogP contribution in [-0.4, -0.2) is 14.4 Å². The van der Waals surface area contributed by atoms with Gasteiger partial charge in [-0.3, -0.25) is 0 Å². The molecule has 1 aromatic rings. The third-order valence-corrected chi connectivity index (χ3v) is 12.5. The van der Waals surface area contributed by atoms with Crippen LogP contribution in [0.15, 0.2) is 42.5 Å². The highest BCUT2D eigenvalue weighted by atomic mass is 28.4. The van der Waals surface area contributed by atoms with Crippen LogP contribution in [0.3, 0.4) is 0 Å². The first-order valence-corrected chi connectivity index (χ1v) is 15.1. The maximum Gasteiger partial charge on any atom is 0.218 e. The van der Waals surface area contributed by atoms with Crippen molar-refractivity contribution in [3.8, 4) is 0 Å². The standard InChI is InChI=1S/C27H40OSi/c1-26-16-8-11-24(26)23-13-12-20-19-21(14-18-27(20,2)25(23)15-17-26)28-29(3,4)22-9-6-5-7-10-22/h5-10,16,20-21,23-25H,11-15,17-19H2,1-4H3/t20-,21+,23-,24-,25-,26-,27-/m0/s1. The topological polar surface area (TPSA) is 9.23 Å². The molecule has 3 saturated carbocycles. The smallest absolute Gasteiger partial charge is 0.218 e. The van der Waals surface area contributed by atoms with Crippen LogP contribution in [-0.2, 0) is 4.43 Å². The molecule has 0 unspecified atom stereocenters. The van der Waals surface area contributed by atoms with Gasteiger partial charge in [-0.1, -0.05) is 56.3 Å². The Labute approximate surface area is 179 Å². The molecule has 158 valence electrons. The lowest BCUT2D eigenvalue weighted by atomic mass is 9.45. The van der Waals surface area contributed by atoms with Crippen molar-refractivity contribution in [3.05, 3.63) is 42.5 Å². The lowest BCUT2D eigenvalue weighted by Gasteiger charge is -2.60. The molecule has 1 nitrogen and oxygen atoms in total. The zero-order valence-corrected chi connectivity index (χ0v) is 20.0. The third-order valence-electron chi connectivity index (χ3n) is 9.87. The number of fused-ring (bicyclic) bond motifs is 5. The minimum Gasteiger partial charge on any atom is -0.410 e. The molecule has 0 spiro atoms. The summed E-state index contributed by atoms with van der Waals surface area (Å²) in [6.07, 6.45) is 16.7. The van der Waals surface area contributed by atoms with Crippen molar-refractivity contribution in [1.29, 1.82) is 0 Å². The Bertz CT molecular complexity index is 770. The van der Waals surface area contributed by atoms with Crippen LogP contribution in [0.25, 0.3) is 0 Å². The predicted molar refractivity (Wildman–Crippen MR) is 125 cm³/mol. The Hall–Kier alpha value is -0.863. The van der Waals surface area contributed by atoms with E-state index in [0.29, 0.717) is 16.9 Å². The second-order valence-electron chi connectivity index (χ2n) is 11.7. The molecule has 0 N–H and O–H groups in total. The largest absolute Gasteiger partial charge is 0.410 e. The van der Waals surface area contributed by atoms with Crippen molar-refractivity contribution in [3.63, 3.8) is 0 Å². The molecule has 0 heterocycles. The van der Waals surface area contributed by atoms with Crippen LogP contribution < -0.4 is 5.19 Å². The lowest BCUT2D eigenvalue weighted by molar-refractivity contribution is -0.114. The predicted octanol–water partition coefficient (Wildman–Crippen LogP) is 6.69. The third kappa shape index (κ3) is 3.30. The fourth-order valence-corrected chi connectivity index (χ4v) is 10.3. The van der Waals surface area contributed by atoms with Crippen LogP contribution in [0.4, 0.5) is 0 Å². The monoisotopic (exact) mass is 408 g/mol. The maximum atomic E-state index is 6.91. The molecule has 0 amide bonds. The number of hydrogen-bond acceptors (Lipinski definition) is 1. The zero-order valence-electron chi connectivity index (χ0n) is 19.0. The van der Waals surface area contributed by atoms with Gasteiger partial charge in [0.1, 0.15) is 0 Å². The molecular formula is C27H40OSi. The highest BCUT2D eigenvalue weighted by Crippen LogP contribution is 2.65. The van der Waals surface area contributed by atoms with Crippen molar-refractivity contribution in [2.24, 2.45) is 34.5 Å². The van der Waals surface area contributed by atoms with E-state index in [1.807, 2.05) is 0 Å². The zero-order chi connectivity index (χ0) is 20.3. The molecular weight excluding hydrogens is 368 g/mol. The summed E-state index contributed by atoms with van der Waals surface area (Å²) in [6, 6.07) is 11.0. The van der Waals surface area contributed by atoms with E-state index >= 15 is 0 Å². The summed E-state index contributed by atoms with van der Waals surface area (Å²) in [5.74, 6) is 3.73. The Morgan fingerprint density at radius 3 is 2.52 bits per heavy atom. The average molecular weight is 409 g/mol. The summed E-state index contributed by atoms with van der Waals surface area (Å²) in [6.45, 7) is 10.0. The van der Waals surface area contributed by atoms with E-state index in [1.165, 1.54) is 56.6 Å². The molecule has 0 bridgehead atoms. The summed E-state index contributed by atoms with van der Waals surface area (Å²) >= 11 is 0. The van der Waals surface area contributed by atoms with Crippen molar-refractivity contribution < 1.29 is 4.43 Å². The molecule has 1 aromatic carbocycles. The fraction of sp³-hybridized carbons (Fsp3) is 0.704. The van der Waals surface area contributed by atoms with Gasteiger partial charge in [-0.15, -0.1) is 0 Å². The minimum absolute atomic E-state index is 0.480. The minimum atomic E-state index is -1.82. The first-order valence-electron chi connectivity index (χ1n) is 12.2. The van der Waals surface area contributed by atoms with E-state index in [1.54, 1.807) is 0 Å². The molecule has 0 saturated heterocycles. The second-order valence-corrected chi connectivity index (χ2v) is 15.6. The van der Waals surface area contributed by atoms with Gasteiger partial charge in [-0.2, -0.15) is 0 Å². The van der Waals surface area contributed by atoms with Gasteiger partial charge in [-0.05, 0) is 104 Å². The first-order chi connectivity index (χ1) is 13.8. The molecule has 0 aliphatic heterocycles. The highest BCUT2D eigenvalue weighted by Gasteiger charge is 2.57. The van der Waals surface area contributed by atoms with E-state index in [0.717, 1.165) is 23.7 Å². The summed E-state index contributed by atoms with van der Waals surface area (Å²) in [7, 11) is -1.82. The molecule has 0 radical (unpaired) electrons. The molecule has 4 aliphatic carbocycles. The van der Waals surface area contributed by atoms with Crippen LogP contribution in [0.1, 0.15) is 65.2 Å². The van der Waals surface area contributed by atoms with E-state index < -0.39 is 8.32 Å². The maximum absolute atomic E-state index is 6.91. The molecule has 3 fully saturated rings. The fourth-order valence-electron chi connectivity index (χ4n) is 8.13. The van der Waals surface area contributed by atoms with Gasteiger partial charge in [-0.25, -0.2) is 0 Å². The van der Waals surface area contributed by atoms with Gasteiger partial charge in [0, 0.05) is 6.10 Å². The Kier molecular flexibility index (Phi) is 4.90. The summed E-state index contributed by atoms with van der Waals surface area (Å²) in [5.41, 5.74) is 1.07. The molecule has 7 atom stereocenters. The van der Waals surface area contributed by atoms with Crippen molar-refractivity contribution in [2.75, 3.05) is 0 Å². The van der Waals surface area contributed by atoms with Crippen molar-refractivity contribution >= 4 is 13.5 Å². The Morgan fingerprint density at radius 1 is 0.931 bits per heavy atom. The van der Waals surface area contributed by atoms with Crippen molar-refractivity contribution in [1.82, 2.24) is 0 Å². The Balaban J connectivity index is 1.29. The SMILES string of the molecule is C[C@]12CC[C@@H](O[Si](C)(C)c3ccccc3)C[C@@H]1CC[C@@H]1[C@@H]2CC[C@]2(C)C=CC[C@@H]12. The van der Waals surface area contributed by atoms with Crippen molar-refractivity contribution in [2.45, 2.75) is 84.4 Å². The lowest BCUT2D eigenvalue weighted by Crippen LogP contribution is -2.55. The van der Waals surface area contributed by atoms with Crippen LogP contribution in [0.2, 0.25) is 13.1 Å². The van der Waals surface area contributed by atoms with Gasteiger partial charge in [0.15, 0.2) is 0 Å². The van der Waals surface area contributed by atoms with Gasteiger partial charge in [0.2, 0.25) is 8.32 Å². The number of hydrogen-bond donors (Lipinski definition) is 0. The molecule has 5 rings (SSSR count). The first kappa shape index (κ1) is 20.1. The van der Waals surface area contributed by atoms with Gasteiger partial charge in [0.25, 0.3) is 0 Å². The average Bonchev–Trinajstić information content (AvgIpc) is 3.10. The molecule has 29 heavy (non-hydrogen) atoms. The molecule has 2 heteroatoms. The van der Waals surface area contributed by atoms with Crippen LogP contribution >= 0.6 is 0 Å². The van der Waals surface area contributed by atoms with Crippen LogP contribution in [0.5, 0.6) is 0 Å². The van der Waals surface area contributed by atoms with Gasteiger partial charge >= 0.3 is 0 Å². The normalized spacial score (nSPS) is 44.1. The molecule has 4 aliphatic rings. The second kappa shape index (κ2) is 7.09. The summed E-state index contributed by atoms with van der Waals surface area (Å²) < 4.78 is 6.91. The number of benzene rings is 1. The summed E-state index contributed by atoms with van der Waals surface area (Å²) in [4.78, 5) is 0. The number of allylic oxidation sites excluding steroid dienone is 2. The van der Waals surface area contributed by atoms with Crippen LogP contribution in [0, 0.1) is 34.5 Å². The van der Waals surface area contributed by atoms with Gasteiger partial charge in [0.05, 0.1) is 0 Å². The number of rotatable bonds is 3. The van der Waals surface area contributed by atoms with E-state index in [4.69, 9.17) is 4.43 Å². The highest BCUT2D eigenvalue weighted by molar-refractivity contribution is 6.84. The van der Waals surface area contributed by atoms with Gasteiger partial charge < -0.3 is 4.43 Å².